The van der Waals surface area contributed by atoms with Gasteiger partial charge in [0, 0.05) is 22.4 Å². The Balaban J connectivity index is 0.000000155. The van der Waals surface area contributed by atoms with Crippen LogP contribution >= 0.6 is 0 Å². The van der Waals surface area contributed by atoms with Crippen molar-refractivity contribution >= 4 is 65.2 Å². The van der Waals surface area contributed by atoms with Gasteiger partial charge in [-0.3, -0.25) is 0 Å². The molecule has 0 radical (unpaired) electrons. The standard InChI is InChI=1S/2C21H14N.2ClH.Zr/c2*1-2-9-16(10-3-1)22-19-13-7-6-12-18(19)21-17-11-5-4-8-15(17)14-20(21)22;;;/h2*1-14H;2*1H;/q2*-1;;;+4/p-2. The predicted octanol–water partition coefficient (Wildman–Crippen LogP) is 5.32. The van der Waals surface area contributed by atoms with Crippen LogP contribution in [-0.2, 0) is 26.2 Å². The molecule has 8 aromatic carbocycles. The number of hydrogen-bond acceptors (Lipinski definition) is 0. The summed E-state index contributed by atoms with van der Waals surface area (Å²) in [5, 5.41) is 10.6. The maximum atomic E-state index is 2.37. The molecule has 0 bridgehead atoms. The van der Waals surface area contributed by atoms with Gasteiger partial charge in [0.25, 0.3) is 0 Å². The fourth-order valence-corrected chi connectivity index (χ4v) is 7.06. The van der Waals surface area contributed by atoms with Crippen molar-refractivity contribution < 1.29 is 51.0 Å². The fourth-order valence-electron chi connectivity index (χ4n) is 7.06. The minimum Gasteiger partial charge on any atom is -1.00 e. The summed E-state index contributed by atoms with van der Waals surface area (Å²) in [4.78, 5) is 0. The van der Waals surface area contributed by atoms with Gasteiger partial charge in [0.2, 0.25) is 0 Å². The molecule has 0 atom stereocenters. The minimum atomic E-state index is 0. The van der Waals surface area contributed by atoms with Crippen LogP contribution in [0.15, 0.2) is 170 Å². The second-order valence-electron chi connectivity index (χ2n) is 11.4. The summed E-state index contributed by atoms with van der Waals surface area (Å²) >= 11 is 0. The molecule has 0 N–H and O–H groups in total. The van der Waals surface area contributed by atoms with Crippen LogP contribution in [0.5, 0.6) is 0 Å². The Morgan fingerprint density at radius 2 is 0.660 bits per heavy atom. The molecule has 0 aliphatic carbocycles. The summed E-state index contributed by atoms with van der Waals surface area (Å²) in [6.07, 6.45) is 0. The topological polar surface area (TPSA) is 9.86 Å². The Bertz CT molecular complexity index is 2420. The number of halogens is 2. The number of aromatic nitrogens is 2. The number of nitrogens with zero attached hydrogens (tertiary/aromatic N) is 2. The SMILES string of the molecule is [Cl-].[Cl-].[Zr+4].c1ccc(-n2c3ccccc3c3c4ccccc4[cH-]c32)cc1.c1ccc(-n2c3ccccc3c3c4ccccc4[cH-]c32)cc1. The fraction of sp³-hybridized carbons (Fsp3) is 0. The summed E-state index contributed by atoms with van der Waals surface area (Å²) in [5.74, 6) is 0. The Hall–Kier alpha value is -4.40. The van der Waals surface area contributed by atoms with E-state index in [9.17, 15) is 0 Å². The molecule has 0 unspecified atom stereocenters. The monoisotopic (exact) mass is 720 g/mol. The van der Waals surface area contributed by atoms with E-state index >= 15 is 0 Å². The van der Waals surface area contributed by atoms with Gasteiger partial charge in [-0.25, -0.2) is 0 Å². The quantitative estimate of drug-likeness (QED) is 0.214. The van der Waals surface area contributed by atoms with Crippen molar-refractivity contribution in [3.63, 3.8) is 0 Å². The third-order valence-electron chi connectivity index (χ3n) is 8.90. The van der Waals surface area contributed by atoms with E-state index in [1.807, 2.05) is 0 Å². The maximum Gasteiger partial charge on any atom is 4.00 e. The van der Waals surface area contributed by atoms with Crippen LogP contribution in [0.1, 0.15) is 0 Å². The zero-order valence-electron chi connectivity index (χ0n) is 25.3. The number of fused-ring (bicyclic) bond motifs is 10. The van der Waals surface area contributed by atoms with E-state index in [2.05, 4.69) is 179 Å². The van der Waals surface area contributed by atoms with Crippen LogP contribution in [-0.4, -0.2) is 9.13 Å². The number of hydrogen-bond donors (Lipinski definition) is 0. The molecule has 0 amide bonds. The average molecular weight is 723 g/mol. The second kappa shape index (κ2) is 13.4. The normalized spacial score (nSPS) is 10.9. The van der Waals surface area contributed by atoms with Crippen molar-refractivity contribution in [3.8, 4) is 11.4 Å². The second-order valence-corrected chi connectivity index (χ2v) is 11.4. The number of benzene rings is 6. The molecule has 47 heavy (non-hydrogen) atoms. The molecule has 10 rings (SSSR count). The third-order valence-corrected chi connectivity index (χ3v) is 8.90. The van der Waals surface area contributed by atoms with Crippen LogP contribution in [0.4, 0.5) is 0 Å². The Morgan fingerprint density at radius 3 is 1.06 bits per heavy atom. The van der Waals surface area contributed by atoms with Gasteiger partial charge in [0.15, 0.2) is 0 Å². The van der Waals surface area contributed by atoms with Crippen LogP contribution < -0.4 is 24.8 Å². The molecule has 0 aliphatic heterocycles. The largest absolute Gasteiger partial charge is 4.00 e. The van der Waals surface area contributed by atoms with Gasteiger partial charge < -0.3 is 33.9 Å². The van der Waals surface area contributed by atoms with Crippen LogP contribution in [0.2, 0.25) is 0 Å². The molecule has 224 valence electrons. The summed E-state index contributed by atoms with van der Waals surface area (Å²) in [7, 11) is 0. The first kappa shape index (κ1) is 32.5. The van der Waals surface area contributed by atoms with E-state index in [-0.39, 0.29) is 51.0 Å². The molecule has 0 saturated heterocycles. The van der Waals surface area contributed by atoms with Crippen molar-refractivity contribution in [1.82, 2.24) is 9.13 Å². The van der Waals surface area contributed by atoms with Crippen LogP contribution in [0, 0.1) is 0 Å². The molecular formula is C42H28Cl2N2Zr. The minimum absolute atomic E-state index is 0. The molecule has 5 heteroatoms. The average Bonchev–Trinajstić information content (AvgIpc) is 3.82. The van der Waals surface area contributed by atoms with E-state index in [1.54, 1.807) is 0 Å². The molecule has 10 aromatic rings. The Morgan fingerprint density at radius 1 is 0.340 bits per heavy atom. The Kier molecular flexibility index (Phi) is 9.26. The number of rotatable bonds is 2. The van der Waals surface area contributed by atoms with E-state index in [0.29, 0.717) is 0 Å². The summed E-state index contributed by atoms with van der Waals surface area (Å²) in [6.45, 7) is 0. The molecular weight excluding hydrogens is 695 g/mol. The van der Waals surface area contributed by atoms with E-state index in [4.69, 9.17) is 0 Å². The van der Waals surface area contributed by atoms with E-state index in [0.717, 1.165) is 0 Å². The first-order valence-corrected chi connectivity index (χ1v) is 15.1. The van der Waals surface area contributed by atoms with Gasteiger partial charge in [0.1, 0.15) is 0 Å². The van der Waals surface area contributed by atoms with Crippen LogP contribution in [0.3, 0.4) is 0 Å². The third kappa shape index (κ3) is 5.24. The maximum absolute atomic E-state index is 2.37. The van der Waals surface area contributed by atoms with Crippen molar-refractivity contribution in [2.45, 2.75) is 0 Å². The van der Waals surface area contributed by atoms with Crippen molar-refractivity contribution in [2.75, 3.05) is 0 Å². The molecule has 0 fully saturated rings. The van der Waals surface area contributed by atoms with Gasteiger partial charge in [-0.2, -0.15) is 0 Å². The predicted molar refractivity (Wildman–Crippen MR) is 188 cm³/mol. The first-order valence-electron chi connectivity index (χ1n) is 15.1. The van der Waals surface area contributed by atoms with Crippen LogP contribution in [0.25, 0.3) is 76.5 Å². The summed E-state index contributed by atoms with van der Waals surface area (Å²) in [5.41, 5.74) is 7.53. The van der Waals surface area contributed by atoms with Gasteiger partial charge in [-0.05, 0) is 58.2 Å². The van der Waals surface area contributed by atoms with Gasteiger partial charge in [0.05, 0.1) is 0 Å². The van der Waals surface area contributed by atoms with Crippen molar-refractivity contribution in [3.05, 3.63) is 170 Å². The molecule has 2 heterocycles. The number of para-hydroxylation sites is 4. The van der Waals surface area contributed by atoms with E-state index in [1.165, 1.54) is 76.5 Å². The zero-order chi connectivity index (χ0) is 29.0. The summed E-state index contributed by atoms with van der Waals surface area (Å²) < 4.78 is 4.73. The molecule has 2 aromatic heterocycles. The van der Waals surface area contributed by atoms with Gasteiger partial charge in [-0.1, -0.05) is 95.7 Å². The molecule has 0 aliphatic rings. The zero-order valence-corrected chi connectivity index (χ0v) is 29.3. The van der Waals surface area contributed by atoms with E-state index < -0.39 is 0 Å². The first-order chi connectivity index (χ1) is 21.9. The van der Waals surface area contributed by atoms with Gasteiger partial charge in [-0.15, -0.1) is 70.1 Å². The molecule has 0 saturated carbocycles. The smallest absolute Gasteiger partial charge is 1.00 e. The molecule has 2 nitrogen and oxygen atoms in total. The van der Waals surface area contributed by atoms with Crippen molar-refractivity contribution in [1.29, 1.82) is 0 Å². The van der Waals surface area contributed by atoms with Crippen molar-refractivity contribution in [2.24, 2.45) is 0 Å². The Labute approximate surface area is 304 Å². The molecule has 0 spiro atoms. The summed E-state index contributed by atoms with van der Waals surface area (Å²) in [6, 6.07) is 60.4. The van der Waals surface area contributed by atoms with Gasteiger partial charge >= 0.3 is 26.2 Å².